The van der Waals surface area contributed by atoms with E-state index in [1.807, 2.05) is 0 Å². The van der Waals surface area contributed by atoms with E-state index in [2.05, 4.69) is 5.32 Å². The molecule has 1 aliphatic rings. The molecule has 1 amide bonds. The fourth-order valence-corrected chi connectivity index (χ4v) is 4.37. The molecule has 0 aromatic heterocycles. The highest BCUT2D eigenvalue weighted by atomic mass is 32.2. The van der Waals surface area contributed by atoms with Crippen LogP contribution >= 0.6 is 0 Å². The number of nitrogens with one attached hydrogen (secondary N) is 1. The number of benzene rings is 1. The average Bonchev–Trinajstić information content (AvgIpc) is 3.04. The Hall–Kier alpha value is -1.44. The highest BCUT2D eigenvalue weighted by Crippen LogP contribution is 2.24. The molecule has 1 aromatic carbocycles. The first-order chi connectivity index (χ1) is 10.9. The summed E-state index contributed by atoms with van der Waals surface area (Å²) in [7, 11) is -3.56. The number of carbonyl (C=O) groups is 1. The van der Waals surface area contributed by atoms with Crippen molar-refractivity contribution in [3.63, 3.8) is 0 Å². The molecular weight excluding hydrogens is 316 g/mol. The van der Waals surface area contributed by atoms with Crippen molar-refractivity contribution in [1.82, 2.24) is 4.31 Å². The lowest BCUT2D eigenvalue weighted by molar-refractivity contribution is -0.124. The summed E-state index contributed by atoms with van der Waals surface area (Å²) >= 11 is 0. The number of aryl methyl sites for hydroxylation is 1. The summed E-state index contributed by atoms with van der Waals surface area (Å²) in [4.78, 5) is 12.3. The zero-order chi connectivity index (χ0) is 17.0. The van der Waals surface area contributed by atoms with Gasteiger partial charge in [-0.25, -0.2) is 8.42 Å². The predicted octanol–water partition coefficient (Wildman–Crippen LogP) is 2.14. The summed E-state index contributed by atoms with van der Waals surface area (Å²) in [6.07, 6.45) is 1.12. The maximum absolute atomic E-state index is 12.7. The monoisotopic (exact) mass is 340 g/mol. The molecule has 1 fully saturated rings. The molecule has 23 heavy (non-hydrogen) atoms. The van der Waals surface area contributed by atoms with Gasteiger partial charge in [0.15, 0.2) is 0 Å². The number of nitrogens with zero attached hydrogens (tertiary/aromatic N) is 1. The summed E-state index contributed by atoms with van der Waals surface area (Å²) in [5.74, 6) is -0.224. The molecule has 7 heteroatoms. The minimum Gasteiger partial charge on any atom is -0.368 e. The largest absolute Gasteiger partial charge is 0.368 e. The Morgan fingerprint density at radius 1 is 1.35 bits per heavy atom. The van der Waals surface area contributed by atoms with Crippen molar-refractivity contribution in [1.29, 1.82) is 0 Å². The number of ether oxygens (including phenoxy) is 1. The number of anilines is 1. The molecule has 1 saturated heterocycles. The van der Waals surface area contributed by atoms with Gasteiger partial charge < -0.3 is 10.1 Å². The molecule has 2 rings (SSSR count). The molecular formula is C16H24N2O4S. The minimum absolute atomic E-state index is 0.224. The smallest absolute Gasteiger partial charge is 0.253 e. The molecule has 6 nitrogen and oxygen atoms in total. The summed E-state index contributed by atoms with van der Waals surface area (Å²) in [5.41, 5.74) is 1.13. The van der Waals surface area contributed by atoms with Crippen LogP contribution in [0.4, 0.5) is 5.69 Å². The molecule has 1 N–H and O–H groups in total. The zero-order valence-electron chi connectivity index (χ0n) is 13.8. The van der Waals surface area contributed by atoms with Gasteiger partial charge in [-0.2, -0.15) is 4.31 Å². The Bertz CT molecular complexity index is 663. The van der Waals surface area contributed by atoms with Crippen LogP contribution in [-0.2, 0) is 19.6 Å². The van der Waals surface area contributed by atoms with Crippen LogP contribution < -0.4 is 5.32 Å². The van der Waals surface area contributed by atoms with E-state index in [0.29, 0.717) is 37.4 Å². The van der Waals surface area contributed by atoms with Crippen molar-refractivity contribution in [2.45, 2.75) is 44.6 Å². The molecule has 128 valence electrons. The van der Waals surface area contributed by atoms with Gasteiger partial charge in [-0.05, 0) is 37.5 Å². The third-order valence-electron chi connectivity index (χ3n) is 4.00. The van der Waals surface area contributed by atoms with E-state index in [1.54, 1.807) is 32.9 Å². The topological polar surface area (TPSA) is 75.7 Å². The Balaban J connectivity index is 2.26. The van der Waals surface area contributed by atoms with Crippen molar-refractivity contribution in [3.05, 3.63) is 23.8 Å². The van der Waals surface area contributed by atoms with E-state index in [0.717, 1.165) is 6.42 Å². The molecule has 0 saturated carbocycles. The molecule has 1 aliphatic heterocycles. The first-order valence-electron chi connectivity index (χ1n) is 7.93. The molecule has 0 radical (unpaired) electrons. The lowest BCUT2D eigenvalue weighted by Gasteiger charge is -2.20. The van der Waals surface area contributed by atoms with Gasteiger partial charge >= 0.3 is 0 Å². The van der Waals surface area contributed by atoms with E-state index < -0.39 is 16.1 Å². The lowest BCUT2D eigenvalue weighted by atomic mass is 10.2. The fraction of sp³-hybridized carbons (Fsp3) is 0.562. The summed E-state index contributed by atoms with van der Waals surface area (Å²) in [5, 5.41) is 2.75. The van der Waals surface area contributed by atoms with Gasteiger partial charge in [0.05, 0.1) is 4.90 Å². The number of hydrogen-bond donors (Lipinski definition) is 1. The maximum atomic E-state index is 12.7. The Morgan fingerprint density at radius 2 is 2.04 bits per heavy atom. The first kappa shape index (κ1) is 17.9. The lowest BCUT2D eigenvalue weighted by Crippen LogP contribution is -2.31. The van der Waals surface area contributed by atoms with Gasteiger partial charge in [0, 0.05) is 25.4 Å². The van der Waals surface area contributed by atoms with Crippen LogP contribution in [-0.4, -0.2) is 44.4 Å². The Morgan fingerprint density at radius 3 is 2.61 bits per heavy atom. The second-order valence-electron chi connectivity index (χ2n) is 5.56. The van der Waals surface area contributed by atoms with Gasteiger partial charge in [0.2, 0.25) is 10.0 Å². The van der Waals surface area contributed by atoms with E-state index in [4.69, 9.17) is 4.74 Å². The van der Waals surface area contributed by atoms with Gasteiger partial charge in [-0.3, -0.25) is 4.79 Å². The van der Waals surface area contributed by atoms with E-state index >= 15 is 0 Å². The van der Waals surface area contributed by atoms with Crippen LogP contribution in [0.5, 0.6) is 0 Å². The minimum atomic E-state index is -3.56. The van der Waals surface area contributed by atoms with Gasteiger partial charge in [-0.1, -0.05) is 19.9 Å². The van der Waals surface area contributed by atoms with E-state index in [-0.39, 0.29) is 10.8 Å². The molecule has 0 spiro atoms. The summed E-state index contributed by atoms with van der Waals surface area (Å²) in [6.45, 7) is 6.77. The maximum Gasteiger partial charge on any atom is 0.253 e. The third kappa shape index (κ3) is 3.91. The quantitative estimate of drug-likeness (QED) is 0.861. The van der Waals surface area contributed by atoms with Crippen LogP contribution in [0.3, 0.4) is 0 Å². The van der Waals surface area contributed by atoms with Gasteiger partial charge in [-0.15, -0.1) is 0 Å². The molecule has 1 atom stereocenters. The van der Waals surface area contributed by atoms with Crippen LogP contribution in [0.15, 0.2) is 23.1 Å². The van der Waals surface area contributed by atoms with Gasteiger partial charge in [0.1, 0.15) is 6.10 Å². The van der Waals surface area contributed by atoms with Crippen molar-refractivity contribution in [3.8, 4) is 0 Å². The highest BCUT2D eigenvalue weighted by molar-refractivity contribution is 7.89. The Kier molecular flexibility index (Phi) is 5.78. The van der Waals surface area contributed by atoms with Crippen molar-refractivity contribution < 1.29 is 17.9 Å². The molecule has 0 aliphatic carbocycles. The normalized spacial score (nSPS) is 18.3. The number of sulfonamides is 1. The highest BCUT2D eigenvalue weighted by Gasteiger charge is 2.26. The molecule has 1 heterocycles. The van der Waals surface area contributed by atoms with Crippen molar-refractivity contribution in [2.24, 2.45) is 0 Å². The second kappa shape index (κ2) is 7.42. The zero-order valence-corrected chi connectivity index (χ0v) is 14.6. The standard InChI is InChI=1S/C16H24N2O4S/c1-4-18(5-2)23(20,21)15-11-13(9-8-12(15)3)17-16(19)14-7-6-10-22-14/h8-9,11,14H,4-7,10H2,1-3H3,(H,17,19)/t14-/m0/s1. The molecule has 0 bridgehead atoms. The van der Waals surface area contributed by atoms with E-state index in [1.165, 1.54) is 10.4 Å². The SMILES string of the molecule is CCN(CC)S(=O)(=O)c1cc(NC(=O)[C@@H]2CCCO2)ccc1C. The van der Waals surface area contributed by atoms with Crippen LogP contribution in [0, 0.1) is 6.92 Å². The first-order valence-corrected chi connectivity index (χ1v) is 9.37. The molecule has 1 aromatic rings. The van der Waals surface area contributed by atoms with Gasteiger partial charge in [0.25, 0.3) is 5.91 Å². The second-order valence-corrected chi connectivity index (χ2v) is 7.47. The average molecular weight is 340 g/mol. The number of amides is 1. The van der Waals surface area contributed by atoms with Crippen molar-refractivity contribution in [2.75, 3.05) is 25.0 Å². The summed E-state index contributed by atoms with van der Waals surface area (Å²) in [6, 6.07) is 4.95. The number of carbonyl (C=O) groups excluding carboxylic acids is 1. The predicted molar refractivity (Wildman–Crippen MR) is 88.9 cm³/mol. The Labute approximate surface area is 137 Å². The number of rotatable bonds is 6. The van der Waals surface area contributed by atoms with Crippen LogP contribution in [0.25, 0.3) is 0 Å². The van der Waals surface area contributed by atoms with Crippen molar-refractivity contribution >= 4 is 21.6 Å². The van der Waals surface area contributed by atoms with Crippen LogP contribution in [0.2, 0.25) is 0 Å². The van der Waals surface area contributed by atoms with Crippen LogP contribution in [0.1, 0.15) is 32.3 Å². The van der Waals surface area contributed by atoms with E-state index in [9.17, 15) is 13.2 Å². The fourth-order valence-electron chi connectivity index (χ4n) is 2.67. The molecule has 0 unspecified atom stereocenters. The summed E-state index contributed by atoms with van der Waals surface area (Å²) < 4.78 is 32.1. The third-order valence-corrected chi connectivity index (χ3v) is 6.19. The number of hydrogen-bond acceptors (Lipinski definition) is 4.